The molecule has 0 bridgehead atoms. The van der Waals surface area contributed by atoms with Gasteiger partial charge in [-0.3, -0.25) is 4.90 Å². The largest absolute Gasteiger partial charge is 0.468 e. The van der Waals surface area contributed by atoms with E-state index in [9.17, 15) is 5.11 Å². The zero-order valence-corrected chi connectivity index (χ0v) is 13.3. The van der Waals surface area contributed by atoms with Crippen LogP contribution in [0.4, 0.5) is 0 Å². The summed E-state index contributed by atoms with van der Waals surface area (Å²) in [4.78, 5) is 2.17. The summed E-state index contributed by atoms with van der Waals surface area (Å²) in [7, 11) is 0. The molecular formula is C18H25NO3. The van der Waals surface area contributed by atoms with Crippen molar-refractivity contribution in [3.8, 4) is 0 Å². The van der Waals surface area contributed by atoms with E-state index in [0.717, 1.165) is 12.3 Å². The average molecular weight is 303 g/mol. The fourth-order valence-electron chi connectivity index (χ4n) is 2.30. The van der Waals surface area contributed by atoms with Crippen molar-refractivity contribution >= 4 is 0 Å². The molecule has 4 heteroatoms. The second-order valence-electron chi connectivity index (χ2n) is 5.77. The van der Waals surface area contributed by atoms with Gasteiger partial charge < -0.3 is 14.3 Å². The summed E-state index contributed by atoms with van der Waals surface area (Å²) in [5, 5.41) is 10.2. The smallest absolute Gasteiger partial charge is 0.117 e. The SMILES string of the molecule is CC(C)OCC(O)CN(Cc1ccccc1)Cc1ccco1. The predicted molar refractivity (Wildman–Crippen MR) is 86.4 cm³/mol. The fourth-order valence-corrected chi connectivity index (χ4v) is 2.30. The van der Waals surface area contributed by atoms with Gasteiger partial charge in [0.15, 0.2) is 0 Å². The molecule has 1 N–H and O–H groups in total. The van der Waals surface area contributed by atoms with Gasteiger partial charge in [-0.2, -0.15) is 0 Å². The highest BCUT2D eigenvalue weighted by Crippen LogP contribution is 2.11. The maximum atomic E-state index is 10.2. The number of benzene rings is 1. The van der Waals surface area contributed by atoms with Crippen molar-refractivity contribution in [2.45, 2.75) is 39.1 Å². The molecule has 120 valence electrons. The molecule has 0 saturated carbocycles. The van der Waals surface area contributed by atoms with E-state index in [0.29, 0.717) is 19.7 Å². The van der Waals surface area contributed by atoms with Gasteiger partial charge in [-0.1, -0.05) is 30.3 Å². The zero-order chi connectivity index (χ0) is 15.8. The number of furan rings is 1. The molecule has 1 atom stereocenters. The second-order valence-corrected chi connectivity index (χ2v) is 5.77. The van der Waals surface area contributed by atoms with E-state index >= 15 is 0 Å². The Labute approximate surface area is 132 Å². The molecular weight excluding hydrogens is 278 g/mol. The minimum atomic E-state index is -0.513. The van der Waals surface area contributed by atoms with E-state index in [1.165, 1.54) is 5.56 Å². The Morgan fingerprint density at radius 2 is 1.86 bits per heavy atom. The van der Waals surface area contributed by atoms with E-state index < -0.39 is 6.10 Å². The van der Waals surface area contributed by atoms with E-state index in [1.54, 1.807) is 6.26 Å². The van der Waals surface area contributed by atoms with Crippen LogP contribution >= 0.6 is 0 Å². The Bertz CT molecular complexity index is 510. The summed E-state index contributed by atoms with van der Waals surface area (Å²) < 4.78 is 10.9. The number of aliphatic hydroxyl groups is 1. The third kappa shape index (κ3) is 6.02. The molecule has 2 aromatic rings. The number of nitrogens with zero attached hydrogens (tertiary/aromatic N) is 1. The molecule has 22 heavy (non-hydrogen) atoms. The highest BCUT2D eigenvalue weighted by molar-refractivity contribution is 5.14. The van der Waals surface area contributed by atoms with Crippen LogP contribution in [0.2, 0.25) is 0 Å². The molecule has 1 unspecified atom stereocenters. The van der Waals surface area contributed by atoms with Gasteiger partial charge in [-0.05, 0) is 31.5 Å². The molecule has 1 heterocycles. The number of aliphatic hydroxyl groups excluding tert-OH is 1. The molecule has 0 fully saturated rings. The first-order valence-corrected chi connectivity index (χ1v) is 7.72. The lowest BCUT2D eigenvalue weighted by atomic mass is 10.2. The number of hydrogen-bond donors (Lipinski definition) is 1. The van der Waals surface area contributed by atoms with E-state index in [-0.39, 0.29) is 6.10 Å². The summed E-state index contributed by atoms with van der Waals surface area (Å²) >= 11 is 0. The van der Waals surface area contributed by atoms with Crippen LogP contribution in [0.15, 0.2) is 53.1 Å². The van der Waals surface area contributed by atoms with Crippen molar-refractivity contribution in [2.24, 2.45) is 0 Å². The summed E-state index contributed by atoms with van der Waals surface area (Å²) in [5.74, 6) is 0.896. The topological polar surface area (TPSA) is 45.8 Å². The van der Waals surface area contributed by atoms with E-state index in [4.69, 9.17) is 9.15 Å². The maximum absolute atomic E-state index is 10.2. The van der Waals surface area contributed by atoms with Crippen LogP contribution in [0.3, 0.4) is 0 Å². The molecule has 0 radical (unpaired) electrons. The van der Waals surface area contributed by atoms with E-state index in [2.05, 4.69) is 17.0 Å². The molecule has 0 amide bonds. The first-order chi connectivity index (χ1) is 10.6. The van der Waals surface area contributed by atoms with Crippen molar-refractivity contribution in [1.29, 1.82) is 0 Å². The van der Waals surface area contributed by atoms with Gasteiger partial charge in [0, 0.05) is 13.1 Å². The van der Waals surface area contributed by atoms with Crippen LogP contribution in [0.25, 0.3) is 0 Å². The van der Waals surface area contributed by atoms with Crippen LogP contribution in [0.1, 0.15) is 25.2 Å². The lowest BCUT2D eigenvalue weighted by Crippen LogP contribution is -2.34. The van der Waals surface area contributed by atoms with E-state index in [1.807, 2.05) is 44.2 Å². The number of rotatable bonds is 9. The lowest BCUT2D eigenvalue weighted by molar-refractivity contribution is -0.0114. The molecule has 4 nitrogen and oxygen atoms in total. The monoisotopic (exact) mass is 303 g/mol. The third-order valence-electron chi connectivity index (χ3n) is 3.30. The molecule has 0 spiro atoms. The molecule has 0 aliphatic carbocycles. The first kappa shape index (κ1) is 16.7. The van der Waals surface area contributed by atoms with Crippen LogP contribution in [0.5, 0.6) is 0 Å². The molecule has 1 aromatic heterocycles. The number of ether oxygens (including phenoxy) is 1. The minimum absolute atomic E-state index is 0.127. The summed E-state index contributed by atoms with van der Waals surface area (Å²) in [5.41, 5.74) is 1.21. The standard InChI is InChI=1S/C18H25NO3/c1-15(2)22-14-17(20)12-19(13-18-9-6-10-21-18)11-16-7-4-3-5-8-16/h3-10,15,17,20H,11-14H2,1-2H3. The average Bonchev–Trinajstić information content (AvgIpc) is 2.99. The van der Waals surface area contributed by atoms with Gasteiger partial charge in [0.05, 0.1) is 31.6 Å². The molecule has 0 saturated heterocycles. The van der Waals surface area contributed by atoms with Crippen molar-refractivity contribution < 1.29 is 14.3 Å². The van der Waals surface area contributed by atoms with Crippen LogP contribution in [-0.2, 0) is 17.8 Å². The first-order valence-electron chi connectivity index (χ1n) is 7.72. The normalized spacial score (nSPS) is 13.0. The molecule has 1 aromatic carbocycles. The van der Waals surface area contributed by atoms with Crippen molar-refractivity contribution in [2.75, 3.05) is 13.2 Å². The third-order valence-corrected chi connectivity index (χ3v) is 3.30. The predicted octanol–water partition coefficient (Wildman–Crippen LogP) is 3.07. The molecule has 0 aliphatic heterocycles. The van der Waals surface area contributed by atoms with Crippen LogP contribution in [-0.4, -0.2) is 35.4 Å². The van der Waals surface area contributed by atoms with Crippen molar-refractivity contribution in [3.63, 3.8) is 0 Å². The highest BCUT2D eigenvalue weighted by Gasteiger charge is 2.15. The van der Waals surface area contributed by atoms with Gasteiger partial charge in [0.25, 0.3) is 0 Å². The number of hydrogen-bond acceptors (Lipinski definition) is 4. The quantitative estimate of drug-likeness (QED) is 0.773. The van der Waals surface area contributed by atoms with Gasteiger partial charge in [0.1, 0.15) is 5.76 Å². The Morgan fingerprint density at radius 1 is 1.09 bits per heavy atom. The van der Waals surface area contributed by atoms with Gasteiger partial charge >= 0.3 is 0 Å². The van der Waals surface area contributed by atoms with Crippen LogP contribution in [0, 0.1) is 0 Å². The van der Waals surface area contributed by atoms with Gasteiger partial charge in [-0.15, -0.1) is 0 Å². The van der Waals surface area contributed by atoms with Gasteiger partial charge in [-0.25, -0.2) is 0 Å². The Morgan fingerprint density at radius 3 is 2.50 bits per heavy atom. The zero-order valence-electron chi connectivity index (χ0n) is 13.3. The summed E-state index contributed by atoms with van der Waals surface area (Å²) in [6.07, 6.45) is 1.29. The van der Waals surface area contributed by atoms with Crippen LogP contribution < -0.4 is 0 Å². The van der Waals surface area contributed by atoms with Crippen molar-refractivity contribution in [1.82, 2.24) is 4.90 Å². The van der Waals surface area contributed by atoms with Gasteiger partial charge in [0.2, 0.25) is 0 Å². The molecule has 0 aliphatic rings. The Hall–Kier alpha value is -1.62. The maximum Gasteiger partial charge on any atom is 0.117 e. The lowest BCUT2D eigenvalue weighted by Gasteiger charge is -2.24. The summed E-state index contributed by atoms with van der Waals surface area (Å²) in [6.45, 7) is 6.26. The fraction of sp³-hybridized carbons (Fsp3) is 0.444. The Balaban J connectivity index is 1.94. The minimum Gasteiger partial charge on any atom is -0.468 e. The molecule has 2 rings (SSSR count). The summed E-state index contributed by atoms with van der Waals surface area (Å²) in [6, 6.07) is 14.1. The highest BCUT2D eigenvalue weighted by atomic mass is 16.5. The second kappa shape index (κ2) is 8.73. The Kier molecular flexibility index (Phi) is 6.65. The van der Waals surface area contributed by atoms with Crippen molar-refractivity contribution in [3.05, 3.63) is 60.1 Å².